The molecule has 0 aromatic carbocycles. The van der Waals surface area contributed by atoms with Crippen molar-refractivity contribution in [2.45, 2.75) is 32.2 Å². The average Bonchev–Trinajstić information content (AvgIpc) is 3.36. The Morgan fingerprint density at radius 3 is 2.72 bits per heavy atom. The van der Waals surface area contributed by atoms with Gasteiger partial charge < -0.3 is 4.90 Å². The van der Waals surface area contributed by atoms with Crippen molar-refractivity contribution in [3.05, 3.63) is 46.1 Å². The average molecular weight is 337 g/mol. The first-order valence-corrected chi connectivity index (χ1v) is 8.69. The minimum Gasteiger partial charge on any atom is -0.354 e. The van der Waals surface area contributed by atoms with E-state index in [-0.39, 0.29) is 5.56 Å². The third kappa shape index (κ3) is 2.57. The van der Waals surface area contributed by atoms with Gasteiger partial charge >= 0.3 is 0 Å². The summed E-state index contributed by atoms with van der Waals surface area (Å²) in [6, 6.07) is 7.43. The summed E-state index contributed by atoms with van der Waals surface area (Å²) in [5.41, 5.74) is 1.81. The lowest BCUT2D eigenvalue weighted by atomic mass is 10.0. The Hall–Kier alpha value is -2.77. The molecule has 1 aliphatic carbocycles. The quantitative estimate of drug-likeness (QED) is 0.706. The summed E-state index contributed by atoms with van der Waals surface area (Å²) < 4.78 is 3.39. The van der Waals surface area contributed by atoms with Gasteiger partial charge in [0, 0.05) is 31.0 Å². The minimum atomic E-state index is -0.0116. The molecular weight excluding hydrogens is 318 g/mol. The summed E-state index contributed by atoms with van der Waals surface area (Å²) in [5, 5.41) is 17.2. The molecule has 0 bridgehead atoms. The first kappa shape index (κ1) is 14.6. The van der Waals surface area contributed by atoms with Crippen LogP contribution < -0.4 is 10.5 Å². The van der Waals surface area contributed by atoms with Crippen molar-refractivity contribution in [2.75, 3.05) is 18.0 Å². The number of anilines is 1. The molecule has 25 heavy (non-hydrogen) atoms. The molecule has 0 spiro atoms. The fourth-order valence-corrected chi connectivity index (χ4v) is 3.36. The first-order chi connectivity index (χ1) is 12.2. The van der Waals surface area contributed by atoms with Crippen LogP contribution in [0.1, 0.15) is 30.3 Å². The zero-order valence-corrected chi connectivity index (χ0v) is 14.0. The Bertz CT molecular complexity index is 998. The van der Waals surface area contributed by atoms with Gasteiger partial charge in [0.1, 0.15) is 5.82 Å². The lowest BCUT2D eigenvalue weighted by Crippen LogP contribution is -2.50. The van der Waals surface area contributed by atoms with Gasteiger partial charge in [-0.05, 0) is 38.0 Å². The molecule has 0 amide bonds. The van der Waals surface area contributed by atoms with E-state index >= 15 is 0 Å². The molecule has 0 atom stereocenters. The van der Waals surface area contributed by atoms with Crippen molar-refractivity contribution < 1.29 is 0 Å². The predicted octanol–water partition coefficient (Wildman–Crippen LogP) is 1.00. The van der Waals surface area contributed by atoms with Crippen LogP contribution in [-0.4, -0.2) is 42.7 Å². The van der Waals surface area contributed by atoms with Crippen LogP contribution in [0.3, 0.4) is 0 Å². The van der Waals surface area contributed by atoms with Gasteiger partial charge in [-0.25, -0.2) is 4.68 Å². The largest absolute Gasteiger partial charge is 0.354 e. The van der Waals surface area contributed by atoms with E-state index < -0.39 is 0 Å². The van der Waals surface area contributed by atoms with Crippen molar-refractivity contribution in [2.24, 2.45) is 5.92 Å². The number of nitrogens with zero attached hydrogens (tertiary/aromatic N) is 7. The number of hydrogen-bond donors (Lipinski definition) is 0. The molecule has 8 heteroatoms. The third-order valence-corrected chi connectivity index (χ3v) is 5.00. The molecule has 2 aliphatic rings. The summed E-state index contributed by atoms with van der Waals surface area (Å²) >= 11 is 0. The monoisotopic (exact) mass is 337 g/mol. The maximum absolute atomic E-state index is 12.1. The number of fused-ring (bicyclic) bond motifs is 1. The molecule has 0 N–H and O–H groups in total. The molecular formula is C17H19N7O. The van der Waals surface area contributed by atoms with Crippen molar-refractivity contribution in [3.63, 3.8) is 0 Å². The molecule has 3 aromatic rings. The molecule has 2 fully saturated rings. The molecule has 1 saturated heterocycles. The Balaban J connectivity index is 1.29. The van der Waals surface area contributed by atoms with Gasteiger partial charge in [-0.1, -0.05) is 0 Å². The Morgan fingerprint density at radius 2 is 1.92 bits per heavy atom. The SMILES string of the molecule is Cc1nnc2ccc(N3CC(Cn4nc(C5CC5)ccc4=O)C3)nn12. The van der Waals surface area contributed by atoms with Crippen LogP contribution in [0, 0.1) is 12.8 Å². The highest BCUT2D eigenvalue weighted by molar-refractivity contribution is 5.47. The van der Waals surface area contributed by atoms with Gasteiger partial charge in [-0.15, -0.1) is 15.3 Å². The van der Waals surface area contributed by atoms with E-state index in [1.54, 1.807) is 15.3 Å². The van der Waals surface area contributed by atoms with E-state index in [4.69, 9.17) is 0 Å². The van der Waals surface area contributed by atoms with Gasteiger partial charge in [0.05, 0.1) is 12.2 Å². The lowest BCUT2D eigenvalue weighted by molar-refractivity contribution is 0.330. The van der Waals surface area contributed by atoms with E-state index in [2.05, 4.69) is 25.3 Å². The van der Waals surface area contributed by atoms with E-state index in [1.165, 1.54) is 12.8 Å². The number of rotatable bonds is 4. The van der Waals surface area contributed by atoms with E-state index in [1.807, 2.05) is 25.1 Å². The Morgan fingerprint density at radius 1 is 1.08 bits per heavy atom. The zero-order chi connectivity index (χ0) is 17.0. The molecule has 1 saturated carbocycles. The van der Waals surface area contributed by atoms with Crippen molar-refractivity contribution in [1.29, 1.82) is 0 Å². The van der Waals surface area contributed by atoms with Crippen molar-refractivity contribution >= 4 is 11.5 Å². The minimum absolute atomic E-state index is 0.0116. The van der Waals surface area contributed by atoms with E-state index in [9.17, 15) is 4.79 Å². The second-order valence-electron chi connectivity index (χ2n) is 7.03. The molecule has 1 aliphatic heterocycles. The number of aromatic nitrogens is 6. The summed E-state index contributed by atoms with van der Waals surface area (Å²) in [5.74, 6) is 2.67. The van der Waals surface area contributed by atoms with Crippen LogP contribution >= 0.6 is 0 Å². The van der Waals surface area contributed by atoms with E-state index in [0.29, 0.717) is 18.4 Å². The normalized spacial score (nSPS) is 17.9. The van der Waals surface area contributed by atoms with Crippen LogP contribution in [0.25, 0.3) is 5.65 Å². The zero-order valence-electron chi connectivity index (χ0n) is 14.0. The fraction of sp³-hybridized carbons (Fsp3) is 0.471. The number of aryl methyl sites for hydroxylation is 1. The summed E-state index contributed by atoms with van der Waals surface area (Å²) in [7, 11) is 0. The van der Waals surface area contributed by atoms with Gasteiger partial charge in [0.25, 0.3) is 5.56 Å². The maximum atomic E-state index is 12.1. The highest BCUT2D eigenvalue weighted by Gasteiger charge is 2.30. The second kappa shape index (κ2) is 5.37. The lowest BCUT2D eigenvalue weighted by Gasteiger charge is -2.39. The molecule has 8 nitrogen and oxygen atoms in total. The number of hydrogen-bond acceptors (Lipinski definition) is 6. The maximum Gasteiger partial charge on any atom is 0.266 e. The fourth-order valence-electron chi connectivity index (χ4n) is 3.36. The Kier molecular flexibility index (Phi) is 3.13. The van der Waals surface area contributed by atoms with Crippen LogP contribution in [0.5, 0.6) is 0 Å². The highest BCUT2D eigenvalue weighted by atomic mass is 16.1. The molecule has 3 aromatic heterocycles. The first-order valence-electron chi connectivity index (χ1n) is 8.69. The Labute approximate surface area is 144 Å². The summed E-state index contributed by atoms with van der Waals surface area (Å²) in [6.45, 7) is 4.31. The van der Waals surface area contributed by atoms with Crippen LogP contribution in [0.15, 0.2) is 29.1 Å². The highest BCUT2D eigenvalue weighted by Crippen LogP contribution is 2.38. The topological polar surface area (TPSA) is 81.2 Å². The van der Waals surface area contributed by atoms with Crippen LogP contribution in [0.4, 0.5) is 5.82 Å². The van der Waals surface area contributed by atoms with Gasteiger partial charge in [0.15, 0.2) is 11.5 Å². The van der Waals surface area contributed by atoms with Crippen molar-refractivity contribution in [3.8, 4) is 0 Å². The molecule has 0 unspecified atom stereocenters. The molecule has 5 rings (SSSR count). The summed E-state index contributed by atoms with van der Waals surface area (Å²) in [6.07, 6.45) is 2.39. The smallest absolute Gasteiger partial charge is 0.266 e. The van der Waals surface area contributed by atoms with Gasteiger partial charge in [-0.2, -0.15) is 9.61 Å². The standard InChI is InChI=1S/C17H19N7O/c1-11-18-19-15-5-6-16(21-24(11)15)22-8-12(9-22)10-23-17(25)7-4-14(20-23)13-2-3-13/h4-7,12-13H,2-3,8-10H2,1H3. The molecule has 128 valence electrons. The van der Waals surface area contributed by atoms with Crippen LogP contribution in [-0.2, 0) is 6.54 Å². The van der Waals surface area contributed by atoms with E-state index in [0.717, 1.165) is 36.1 Å². The summed E-state index contributed by atoms with van der Waals surface area (Å²) in [4.78, 5) is 14.3. The van der Waals surface area contributed by atoms with Gasteiger partial charge in [0.2, 0.25) is 0 Å². The van der Waals surface area contributed by atoms with Crippen LogP contribution in [0.2, 0.25) is 0 Å². The van der Waals surface area contributed by atoms with Crippen molar-refractivity contribution in [1.82, 2.24) is 29.6 Å². The van der Waals surface area contributed by atoms with Gasteiger partial charge in [-0.3, -0.25) is 4.79 Å². The second-order valence-corrected chi connectivity index (χ2v) is 7.03. The third-order valence-electron chi connectivity index (χ3n) is 5.00. The predicted molar refractivity (Wildman–Crippen MR) is 91.7 cm³/mol. The molecule has 4 heterocycles. The molecule has 0 radical (unpaired) electrons.